The molecule has 226 valence electrons. The lowest BCUT2D eigenvalue weighted by Gasteiger charge is -2.26. The first-order valence-corrected chi connectivity index (χ1v) is 13.8. The Morgan fingerprint density at radius 1 is 0.864 bits per heavy atom. The van der Waals surface area contributed by atoms with Gasteiger partial charge in [0.25, 0.3) is 0 Å². The van der Waals surface area contributed by atoms with Gasteiger partial charge in [-0.05, 0) is 73.7 Å². The molecule has 0 saturated carbocycles. The zero-order chi connectivity index (χ0) is 31.3. The predicted molar refractivity (Wildman–Crippen MR) is 168 cm³/mol. The summed E-state index contributed by atoms with van der Waals surface area (Å²) in [4.78, 5) is 37.7. The van der Waals surface area contributed by atoms with Crippen LogP contribution < -0.4 is 25.8 Å². The predicted octanol–water partition coefficient (Wildman–Crippen LogP) is 5.77. The highest BCUT2D eigenvalue weighted by molar-refractivity contribution is 6.01. The Morgan fingerprint density at radius 3 is 2.27 bits per heavy atom. The van der Waals surface area contributed by atoms with E-state index >= 15 is 0 Å². The van der Waals surface area contributed by atoms with Crippen LogP contribution >= 0.6 is 0 Å². The van der Waals surface area contributed by atoms with Crippen LogP contribution in [0.1, 0.15) is 28.9 Å². The molecule has 2 amide bonds. The molecule has 0 aliphatic carbocycles. The topological polar surface area (TPSA) is 149 Å². The minimum absolute atomic E-state index is 0.0678. The van der Waals surface area contributed by atoms with Crippen molar-refractivity contribution in [2.24, 2.45) is 0 Å². The van der Waals surface area contributed by atoms with Gasteiger partial charge in [-0.25, -0.2) is 4.79 Å². The molecule has 44 heavy (non-hydrogen) atoms. The van der Waals surface area contributed by atoms with Crippen molar-refractivity contribution < 1.29 is 33.7 Å². The fourth-order valence-electron chi connectivity index (χ4n) is 4.15. The van der Waals surface area contributed by atoms with Gasteiger partial charge in [-0.15, -0.1) is 0 Å². The van der Waals surface area contributed by atoms with Gasteiger partial charge >= 0.3 is 6.09 Å². The van der Waals surface area contributed by atoms with Crippen molar-refractivity contribution in [2.75, 3.05) is 29.6 Å². The van der Waals surface area contributed by atoms with Crippen LogP contribution in [0.5, 0.6) is 11.5 Å². The average molecular weight is 596 g/mol. The minimum atomic E-state index is -1.07. The molecule has 0 aliphatic rings. The van der Waals surface area contributed by atoms with Gasteiger partial charge in [0, 0.05) is 22.9 Å². The van der Waals surface area contributed by atoms with Crippen LogP contribution in [0.2, 0.25) is 0 Å². The molecular formula is C34H33N3O7. The SMILES string of the molecule is CC(=O)c1ccc(NC(=O)O[C@@H](c2cccc(OCCO)c2)[C@H](/C=C/C(=O)Nc2ccccc2N)Oc2ccccc2)cc1. The van der Waals surface area contributed by atoms with Crippen LogP contribution in [0.3, 0.4) is 0 Å². The number of aliphatic hydroxyl groups excluding tert-OH is 1. The Kier molecular flexibility index (Phi) is 11.1. The number of anilines is 3. The molecule has 0 saturated heterocycles. The number of benzene rings is 4. The van der Waals surface area contributed by atoms with Gasteiger partial charge in [-0.3, -0.25) is 14.9 Å². The third-order valence-electron chi connectivity index (χ3n) is 6.29. The van der Waals surface area contributed by atoms with Gasteiger partial charge in [0.15, 0.2) is 18.0 Å². The van der Waals surface area contributed by atoms with E-state index in [2.05, 4.69) is 10.6 Å². The Hall–Kier alpha value is -5.61. The molecule has 4 aromatic carbocycles. The zero-order valence-electron chi connectivity index (χ0n) is 24.0. The summed E-state index contributed by atoms with van der Waals surface area (Å²) in [7, 11) is 0. The first kappa shape index (κ1) is 31.3. The number of nitrogens with one attached hydrogen (secondary N) is 2. The first-order valence-electron chi connectivity index (χ1n) is 13.8. The first-order chi connectivity index (χ1) is 21.3. The Morgan fingerprint density at radius 2 is 1.57 bits per heavy atom. The van der Waals surface area contributed by atoms with E-state index in [1.54, 1.807) is 97.1 Å². The monoisotopic (exact) mass is 595 g/mol. The van der Waals surface area contributed by atoms with E-state index in [-0.39, 0.29) is 19.0 Å². The Bertz CT molecular complexity index is 1590. The number of rotatable bonds is 13. The number of Topliss-reactive ketones (excluding diaryl/α,β-unsaturated/α-hetero) is 1. The summed E-state index contributed by atoms with van der Waals surface area (Å²) >= 11 is 0. The lowest BCUT2D eigenvalue weighted by atomic mass is 10.0. The van der Waals surface area contributed by atoms with Crippen LogP contribution in [0.15, 0.2) is 115 Å². The second-order valence-electron chi connectivity index (χ2n) is 9.56. The molecule has 0 unspecified atom stereocenters. The molecule has 0 radical (unpaired) electrons. The normalized spacial score (nSPS) is 12.1. The van der Waals surface area contributed by atoms with E-state index < -0.39 is 24.2 Å². The minimum Gasteiger partial charge on any atom is -0.491 e. The van der Waals surface area contributed by atoms with E-state index in [0.29, 0.717) is 39.7 Å². The molecule has 4 aromatic rings. The molecule has 0 heterocycles. The molecule has 0 fully saturated rings. The van der Waals surface area contributed by atoms with Crippen LogP contribution in [-0.4, -0.2) is 42.2 Å². The lowest BCUT2D eigenvalue weighted by Crippen LogP contribution is -2.30. The molecule has 0 bridgehead atoms. The number of aliphatic hydroxyl groups is 1. The summed E-state index contributed by atoms with van der Waals surface area (Å²) in [6.45, 7) is 1.34. The van der Waals surface area contributed by atoms with Crippen molar-refractivity contribution in [2.45, 2.75) is 19.1 Å². The molecule has 0 aliphatic heterocycles. The largest absolute Gasteiger partial charge is 0.491 e. The number of hydrogen-bond donors (Lipinski definition) is 4. The maximum absolute atomic E-state index is 13.2. The smallest absolute Gasteiger partial charge is 0.412 e. The quantitative estimate of drug-likeness (QED) is 0.0864. The van der Waals surface area contributed by atoms with Crippen molar-refractivity contribution in [1.29, 1.82) is 0 Å². The third kappa shape index (κ3) is 9.20. The van der Waals surface area contributed by atoms with Crippen LogP contribution in [0.4, 0.5) is 21.9 Å². The van der Waals surface area contributed by atoms with Crippen molar-refractivity contribution in [3.63, 3.8) is 0 Å². The van der Waals surface area contributed by atoms with Crippen LogP contribution in [-0.2, 0) is 9.53 Å². The fourth-order valence-corrected chi connectivity index (χ4v) is 4.15. The fraction of sp³-hybridized carbons (Fsp3) is 0.147. The van der Waals surface area contributed by atoms with Gasteiger partial charge in [0.05, 0.1) is 18.0 Å². The second-order valence-corrected chi connectivity index (χ2v) is 9.56. The molecule has 10 nitrogen and oxygen atoms in total. The molecule has 0 aromatic heterocycles. The summed E-state index contributed by atoms with van der Waals surface area (Å²) in [5.41, 5.74) is 8.23. The van der Waals surface area contributed by atoms with Gasteiger partial charge in [0.1, 0.15) is 18.1 Å². The number of ketones is 1. The number of nitrogen functional groups attached to an aromatic ring is 1. The highest BCUT2D eigenvalue weighted by atomic mass is 16.6. The summed E-state index contributed by atoms with van der Waals surface area (Å²) in [5.74, 6) is 0.328. The number of carbonyl (C=O) groups excluding carboxylic acids is 3. The summed E-state index contributed by atoms with van der Waals surface area (Å²) in [6.07, 6.45) is -0.0993. The maximum atomic E-state index is 13.2. The van der Waals surface area contributed by atoms with Gasteiger partial charge in [-0.2, -0.15) is 0 Å². The van der Waals surface area contributed by atoms with Crippen molar-refractivity contribution >= 4 is 34.8 Å². The van der Waals surface area contributed by atoms with Crippen LogP contribution in [0, 0.1) is 0 Å². The molecule has 5 N–H and O–H groups in total. The third-order valence-corrected chi connectivity index (χ3v) is 6.29. The lowest BCUT2D eigenvalue weighted by molar-refractivity contribution is -0.112. The van der Waals surface area contributed by atoms with Gasteiger partial charge < -0.3 is 30.4 Å². The Balaban J connectivity index is 1.65. The van der Waals surface area contributed by atoms with Gasteiger partial charge in [-0.1, -0.05) is 42.5 Å². The highest BCUT2D eigenvalue weighted by Crippen LogP contribution is 2.30. The van der Waals surface area contributed by atoms with E-state index in [0.717, 1.165) is 0 Å². The average Bonchev–Trinajstić information content (AvgIpc) is 3.03. The van der Waals surface area contributed by atoms with E-state index in [1.807, 2.05) is 6.07 Å². The molecule has 2 atom stereocenters. The number of ether oxygens (including phenoxy) is 3. The Labute approximate surface area is 255 Å². The molecule has 10 heteroatoms. The number of nitrogens with two attached hydrogens (primary N) is 1. The highest BCUT2D eigenvalue weighted by Gasteiger charge is 2.28. The second kappa shape index (κ2) is 15.6. The molecular weight excluding hydrogens is 562 g/mol. The van der Waals surface area contributed by atoms with E-state index in [4.69, 9.17) is 19.9 Å². The van der Waals surface area contributed by atoms with Gasteiger partial charge in [0.2, 0.25) is 5.91 Å². The number of carbonyl (C=O) groups is 3. The number of amides is 2. The van der Waals surface area contributed by atoms with E-state index in [9.17, 15) is 19.5 Å². The summed E-state index contributed by atoms with van der Waals surface area (Å²) < 4.78 is 17.8. The van der Waals surface area contributed by atoms with E-state index in [1.165, 1.54) is 19.1 Å². The summed E-state index contributed by atoms with van der Waals surface area (Å²) in [5, 5.41) is 14.6. The maximum Gasteiger partial charge on any atom is 0.412 e. The zero-order valence-corrected chi connectivity index (χ0v) is 24.0. The standard InChI is InChI=1S/C34H33N3O7/c1-23(39)24-14-16-26(17-15-24)36-34(41)44-33(25-8-7-11-28(22-25)42-21-20-38)31(43-27-9-3-2-4-10-27)18-19-32(40)37-30-13-6-5-12-29(30)35/h2-19,22,31,33,38H,20-21,35H2,1H3,(H,36,41)(H,37,40)/b19-18+/t31-,33-/m0/s1. The van der Waals surface area contributed by atoms with Crippen molar-refractivity contribution in [3.05, 3.63) is 126 Å². The number of para-hydroxylation sites is 3. The van der Waals surface area contributed by atoms with Crippen LogP contribution in [0.25, 0.3) is 0 Å². The molecule has 0 spiro atoms. The number of hydrogen-bond acceptors (Lipinski definition) is 8. The molecule has 4 rings (SSSR count). The van der Waals surface area contributed by atoms with Crippen molar-refractivity contribution in [3.8, 4) is 11.5 Å². The van der Waals surface area contributed by atoms with Crippen molar-refractivity contribution in [1.82, 2.24) is 0 Å². The summed E-state index contributed by atoms with van der Waals surface area (Å²) in [6, 6.07) is 28.9.